The third-order valence-corrected chi connectivity index (χ3v) is 6.55. The molecule has 2 atom stereocenters. The fourth-order valence-corrected chi connectivity index (χ4v) is 5.43. The molecule has 23 heavy (non-hydrogen) atoms. The number of aryl methyl sites for hydroxylation is 1. The molecular formula is C20H25NO2. The number of hydrogen-bond acceptors (Lipinski definition) is 3. The summed E-state index contributed by atoms with van der Waals surface area (Å²) >= 11 is 0. The molecule has 2 aliphatic heterocycles. The lowest BCUT2D eigenvalue weighted by Crippen LogP contribution is -2.58. The summed E-state index contributed by atoms with van der Waals surface area (Å²) in [5, 5.41) is 0. The quantitative estimate of drug-likeness (QED) is 0.688. The summed E-state index contributed by atoms with van der Waals surface area (Å²) in [5.41, 5.74) is 6.20. The van der Waals surface area contributed by atoms with E-state index < -0.39 is 0 Å². The topological polar surface area (TPSA) is 21.7 Å². The van der Waals surface area contributed by atoms with Crippen molar-refractivity contribution < 1.29 is 9.47 Å². The Labute approximate surface area is 138 Å². The maximum Gasteiger partial charge on any atom is 0.173 e. The van der Waals surface area contributed by atoms with Crippen LogP contribution in [0, 0.1) is 6.92 Å². The summed E-state index contributed by atoms with van der Waals surface area (Å²) in [4.78, 5) is 2.54. The zero-order valence-electron chi connectivity index (χ0n) is 14.1. The van der Waals surface area contributed by atoms with Gasteiger partial charge in [0.1, 0.15) is 0 Å². The van der Waals surface area contributed by atoms with Gasteiger partial charge in [-0.25, -0.2) is 0 Å². The predicted octanol–water partition coefficient (Wildman–Crippen LogP) is 2.96. The molecule has 0 amide bonds. The number of likely N-dealkylation sites (N-methyl/N-ethyl adjacent to an activating group) is 1. The van der Waals surface area contributed by atoms with Gasteiger partial charge in [-0.2, -0.15) is 0 Å². The van der Waals surface area contributed by atoms with Gasteiger partial charge in [0.15, 0.2) is 5.79 Å². The van der Waals surface area contributed by atoms with Gasteiger partial charge in [-0.15, -0.1) is 0 Å². The largest absolute Gasteiger partial charge is 0.347 e. The lowest BCUT2D eigenvalue weighted by Gasteiger charge is -2.56. The van der Waals surface area contributed by atoms with Crippen LogP contribution in [0.4, 0.5) is 0 Å². The molecule has 1 aromatic carbocycles. The lowest BCUT2D eigenvalue weighted by atomic mass is 9.55. The molecule has 0 saturated carbocycles. The van der Waals surface area contributed by atoms with Gasteiger partial charge in [-0.1, -0.05) is 29.8 Å². The molecule has 2 aliphatic carbocycles. The first-order chi connectivity index (χ1) is 11.1. The van der Waals surface area contributed by atoms with Gasteiger partial charge in [0, 0.05) is 24.3 Å². The van der Waals surface area contributed by atoms with E-state index in [4.69, 9.17) is 9.47 Å². The highest BCUT2D eigenvalue weighted by molar-refractivity contribution is 5.52. The first kappa shape index (κ1) is 14.2. The van der Waals surface area contributed by atoms with E-state index in [0.717, 1.165) is 39.0 Å². The van der Waals surface area contributed by atoms with Crippen molar-refractivity contribution in [3.8, 4) is 0 Å². The van der Waals surface area contributed by atoms with Gasteiger partial charge < -0.3 is 9.47 Å². The first-order valence-corrected chi connectivity index (χ1v) is 8.91. The second-order valence-corrected chi connectivity index (χ2v) is 7.84. The van der Waals surface area contributed by atoms with E-state index in [2.05, 4.69) is 43.1 Å². The van der Waals surface area contributed by atoms with Crippen LogP contribution < -0.4 is 0 Å². The van der Waals surface area contributed by atoms with Crippen LogP contribution in [0.3, 0.4) is 0 Å². The molecule has 0 unspecified atom stereocenters. The summed E-state index contributed by atoms with van der Waals surface area (Å²) in [7, 11) is 2.28. The second kappa shape index (κ2) is 4.69. The molecule has 3 nitrogen and oxygen atoms in total. The highest BCUT2D eigenvalue weighted by atomic mass is 16.7. The van der Waals surface area contributed by atoms with Crippen molar-refractivity contribution in [3.63, 3.8) is 0 Å². The van der Waals surface area contributed by atoms with Crippen molar-refractivity contribution >= 4 is 0 Å². The minimum absolute atomic E-state index is 0.124. The van der Waals surface area contributed by atoms with Gasteiger partial charge in [-0.3, -0.25) is 4.90 Å². The van der Waals surface area contributed by atoms with E-state index in [1.54, 1.807) is 11.1 Å². The van der Waals surface area contributed by atoms with Gasteiger partial charge in [0.25, 0.3) is 0 Å². The summed E-state index contributed by atoms with van der Waals surface area (Å²) in [6.07, 6.45) is 6.69. The molecular weight excluding hydrogens is 286 g/mol. The lowest BCUT2D eigenvalue weighted by molar-refractivity contribution is -0.176. The Balaban J connectivity index is 1.72. The maximum atomic E-state index is 6.11. The van der Waals surface area contributed by atoms with Crippen LogP contribution in [0.5, 0.6) is 0 Å². The maximum absolute atomic E-state index is 6.11. The van der Waals surface area contributed by atoms with E-state index in [1.807, 2.05) is 0 Å². The van der Waals surface area contributed by atoms with Crippen molar-refractivity contribution in [2.45, 2.75) is 49.9 Å². The fourth-order valence-electron chi connectivity index (χ4n) is 5.43. The number of benzene rings is 1. The van der Waals surface area contributed by atoms with Crippen LogP contribution in [0.2, 0.25) is 0 Å². The van der Waals surface area contributed by atoms with E-state index in [9.17, 15) is 0 Å². The average Bonchev–Trinajstić information content (AvgIpc) is 2.99. The number of likely N-dealkylation sites (tertiary alicyclic amines) is 1. The monoisotopic (exact) mass is 311 g/mol. The highest BCUT2D eigenvalue weighted by Gasteiger charge is 2.56. The number of hydrogen-bond donors (Lipinski definition) is 0. The molecule has 2 bridgehead atoms. The van der Waals surface area contributed by atoms with Crippen molar-refractivity contribution in [2.75, 3.05) is 26.8 Å². The zero-order chi connectivity index (χ0) is 15.7. The molecule has 0 aromatic heterocycles. The van der Waals surface area contributed by atoms with E-state index in [1.165, 1.54) is 17.5 Å². The highest BCUT2D eigenvalue weighted by Crippen LogP contribution is 2.56. The molecule has 2 heterocycles. The Kier molecular flexibility index (Phi) is 2.89. The second-order valence-electron chi connectivity index (χ2n) is 7.84. The molecule has 1 spiro atoms. The van der Waals surface area contributed by atoms with E-state index in [0.29, 0.717) is 6.04 Å². The number of ether oxygens (including phenoxy) is 2. The molecule has 2 saturated heterocycles. The van der Waals surface area contributed by atoms with Crippen molar-refractivity contribution in [3.05, 3.63) is 46.5 Å². The Morgan fingerprint density at radius 2 is 2.04 bits per heavy atom. The third-order valence-electron chi connectivity index (χ3n) is 6.55. The van der Waals surface area contributed by atoms with Gasteiger partial charge in [0.05, 0.1) is 13.2 Å². The summed E-state index contributed by atoms with van der Waals surface area (Å²) < 4.78 is 12.2. The zero-order valence-corrected chi connectivity index (χ0v) is 14.1. The molecule has 4 aliphatic rings. The standard InChI is InChI=1S/C20H25NO2/c1-14-3-4-15-12-18-16-5-6-20(22-9-10-23-20)13-19(16,17(15)11-14)7-8-21(18)2/h3-5,11,18H,6-10,12-13H2,1-2H3/t18-,19+/m1/s1. The molecule has 5 rings (SSSR count). The number of rotatable bonds is 0. The molecule has 122 valence electrons. The Morgan fingerprint density at radius 3 is 2.87 bits per heavy atom. The Morgan fingerprint density at radius 1 is 1.22 bits per heavy atom. The number of piperidine rings is 1. The normalized spacial score (nSPS) is 34.9. The SMILES string of the molecule is Cc1ccc2c(c1)[C@]13CCN(C)[C@H](C2)C1=CCC1(C3)OCCO1. The van der Waals surface area contributed by atoms with Crippen LogP contribution in [-0.4, -0.2) is 43.5 Å². The van der Waals surface area contributed by atoms with Crippen LogP contribution in [0.15, 0.2) is 29.8 Å². The van der Waals surface area contributed by atoms with Crippen LogP contribution in [0.1, 0.15) is 36.0 Å². The molecule has 1 aromatic rings. The van der Waals surface area contributed by atoms with E-state index >= 15 is 0 Å². The minimum Gasteiger partial charge on any atom is -0.347 e. The smallest absolute Gasteiger partial charge is 0.173 e. The molecule has 0 radical (unpaired) electrons. The van der Waals surface area contributed by atoms with Crippen molar-refractivity contribution in [1.29, 1.82) is 0 Å². The number of fused-ring (bicyclic) bond motifs is 1. The Bertz CT molecular complexity index is 689. The summed E-state index contributed by atoms with van der Waals surface area (Å²) in [5.74, 6) is -0.373. The number of nitrogens with zero attached hydrogens (tertiary/aromatic N) is 1. The van der Waals surface area contributed by atoms with Gasteiger partial charge >= 0.3 is 0 Å². The molecule has 3 heteroatoms. The summed E-state index contributed by atoms with van der Waals surface area (Å²) in [6, 6.07) is 7.60. The van der Waals surface area contributed by atoms with Crippen LogP contribution >= 0.6 is 0 Å². The average molecular weight is 311 g/mol. The fraction of sp³-hybridized carbons (Fsp3) is 0.600. The third kappa shape index (κ3) is 1.87. The van der Waals surface area contributed by atoms with Gasteiger partial charge in [-0.05, 0) is 50.1 Å². The first-order valence-electron chi connectivity index (χ1n) is 8.91. The van der Waals surface area contributed by atoms with Crippen LogP contribution in [0.25, 0.3) is 0 Å². The van der Waals surface area contributed by atoms with Crippen molar-refractivity contribution in [1.82, 2.24) is 4.90 Å². The predicted molar refractivity (Wildman–Crippen MR) is 89.5 cm³/mol. The minimum atomic E-state index is -0.373. The van der Waals surface area contributed by atoms with E-state index in [-0.39, 0.29) is 11.2 Å². The summed E-state index contributed by atoms with van der Waals surface area (Å²) in [6.45, 7) is 4.85. The molecule has 2 fully saturated rings. The molecule has 0 N–H and O–H groups in total. The van der Waals surface area contributed by atoms with Gasteiger partial charge in [0.2, 0.25) is 0 Å². The van der Waals surface area contributed by atoms with Crippen molar-refractivity contribution in [2.24, 2.45) is 0 Å². The Hall–Kier alpha value is -1.16. The van der Waals surface area contributed by atoms with Crippen LogP contribution in [-0.2, 0) is 21.3 Å².